The highest BCUT2D eigenvalue weighted by Gasteiger charge is 2.11. The van der Waals surface area contributed by atoms with Crippen LogP contribution in [0.4, 0.5) is 0 Å². The van der Waals surface area contributed by atoms with Gasteiger partial charge in [-0.05, 0) is 42.5 Å². The van der Waals surface area contributed by atoms with E-state index in [0.29, 0.717) is 40.0 Å². The second-order valence-electron chi connectivity index (χ2n) is 7.14. The SMILES string of the molecule is CCc1nc2ccc(Br)cc2c(=O)n1N=Cc1cc(Br)ccc1OCc1ccccc1C#N. The summed E-state index contributed by atoms with van der Waals surface area (Å²) in [6, 6.07) is 20.4. The second-order valence-corrected chi connectivity index (χ2v) is 8.98. The highest BCUT2D eigenvalue weighted by atomic mass is 79.9. The van der Waals surface area contributed by atoms with E-state index in [1.54, 1.807) is 18.3 Å². The minimum atomic E-state index is -0.241. The second kappa shape index (κ2) is 10.1. The van der Waals surface area contributed by atoms with Crippen molar-refractivity contribution < 1.29 is 4.74 Å². The number of halogens is 2. The van der Waals surface area contributed by atoms with E-state index in [4.69, 9.17) is 4.74 Å². The third-order valence-electron chi connectivity index (χ3n) is 5.00. The summed E-state index contributed by atoms with van der Waals surface area (Å²) >= 11 is 6.89. The molecule has 0 aliphatic carbocycles. The molecule has 4 rings (SSSR count). The summed E-state index contributed by atoms with van der Waals surface area (Å²) in [5, 5.41) is 14.3. The van der Waals surface area contributed by atoms with Gasteiger partial charge in [0.05, 0.1) is 28.8 Å². The Morgan fingerprint density at radius 1 is 1.12 bits per heavy atom. The number of nitrogens with zero attached hydrogens (tertiary/aromatic N) is 4. The molecular weight excluding hydrogens is 548 g/mol. The molecule has 0 bridgehead atoms. The molecule has 0 spiro atoms. The van der Waals surface area contributed by atoms with Gasteiger partial charge in [-0.25, -0.2) is 4.98 Å². The van der Waals surface area contributed by atoms with Gasteiger partial charge in [0.1, 0.15) is 18.2 Å². The molecule has 0 saturated carbocycles. The minimum absolute atomic E-state index is 0.234. The van der Waals surface area contributed by atoms with Crippen LogP contribution in [0, 0.1) is 11.3 Å². The van der Waals surface area contributed by atoms with Crippen molar-refractivity contribution in [3.05, 3.63) is 102 Å². The van der Waals surface area contributed by atoms with Crippen LogP contribution in [0.25, 0.3) is 10.9 Å². The Labute approximate surface area is 207 Å². The lowest BCUT2D eigenvalue weighted by Gasteiger charge is -2.11. The van der Waals surface area contributed by atoms with E-state index in [-0.39, 0.29) is 12.2 Å². The van der Waals surface area contributed by atoms with E-state index in [1.165, 1.54) is 4.68 Å². The van der Waals surface area contributed by atoms with Crippen LogP contribution in [0.1, 0.15) is 29.4 Å². The first kappa shape index (κ1) is 22.9. The molecule has 33 heavy (non-hydrogen) atoms. The van der Waals surface area contributed by atoms with Gasteiger partial charge < -0.3 is 4.74 Å². The zero-order valence-electron chi connectivity index (χ0n) is 17.6. The Balaban J connectivity index is 1.71. The summed E-state index contributed by atoms with van der Waals surface area (Å²) in [6.07, 6.45) is 2.13. The van der Waals surface area contributed by atoms with Crippen molar-refractivity contribution in [3.63, 3.8) is 0 Å². The molecular formula is C25H18Br2N4O2. The number of aryl methyl sites for hydroxylation is 1. The monoisotopic (exact) mass is 564 g/mol. The number of hydrogen-bond acceptors (Lipinski definition) is 5. The zero-order chi connectivity index (χ0) is 23.4. The van der Waals surface area contributed by atoms with E-state index >= 15 is 0 Å². The third-order valence-corrected chi connectivity index (χ3v) is 5.98. The van der Waals surface area contributed by atoms with Gasteiger partial charge in [0, 0.05) is 26.5 Å². The number of benzene rings is 3. The number of ether oxygens (including phenoxy) is 1. The smallest absolute Gasteiger partial charge is 0.282 e. The molecule has 0 N–H and O–H groups in total. The van der Waals surface area contributed by atoms with Crippen molar-refractivity contribution in [2.45, 2.75) is 20.0 Å². The predicted octanol–water partition coefficient (Wildman–Crippen LogP) is 5.82. The van der Waals surface area contributed by atoms with Gasteiger partial charge in [0.25, 0.3) is 5.56 Å². The number of rotatable bonds is 6. The molecule has 0 radical (unpaired) electrons. The fourth-order valence-electron chi connectivity index (χ4n) is 3.33. The summed E-state index contributed by atoms with van der Waals surface area (Å²) in [6.45, 7) is 2.16. The van der Waals surface area contributed by atoms with Crippen LogP contribution in [0.15, 0.2) is 79.5 Å². The Morgan fingerprint density at radius 3 is 2.67 bits per heavy atom. The first-order valence-corrected chi connectivity index (χ1v) is 11.7. The molecule has 0 unspecified atom stereocenters. The third kappa shape index (κ3) is 5.05. The summed E-state index contributed by atoms with van der Waals surface area (Å²) in [5.41, 5.74) is 2.43. The molecule has 8 heteroatoms. The highest BCUT2D eigenvalue weighted by Crippen LogP contribution is 2.24. The normalized spacial score (nSPS) is 11.1. The van der Waals surface area contributed by atoms with Gasteiger partial charge in [-0.15, -0.1) is 0 Å². The first-order chi connectivity index (χ1) is 16.0. The zero-order valence-corrected chi connectivity index (χ0v) is 20.8. The Kier molecular flexibility index (Phi) is 7.02. The Bertz CT molecular complexity index is 1470. The van der Waals surface area contributed by atoms with Crippen molar-refractivity contribution in [1.82, 2.24) is 9.66 Å². The standard InChI is InChI=1S/C25H18Br2N4O2/c1-2-24-30-22-9-7-20(27)12-21(22)25(32)31(24)29-14-18-11-19(26)8-10-23(18)33-15-17-6-4-3-5-16(17)13-28/h3-12,14H,2,15H2,1H3. The number of nitriles is 1. The maximum Gasteiger partial charge on any atom is 0.282 e. The quantitative estimate of drug-likeness (QED) is 0.276. The van der Waals surface area contributed by atoms with E-state index in [9.17, 15) is 10.1 Å². The van der Waals surface area contributed by atoms with E-state index in [0.717, 1.165) is 14.5 Å². The van der Waals surface area contributed by atoms with E-state index in [2.05, 4.69) is 48.0 Å². The summed E-state index contributed by atoms with van der Waals surface area (Å²) < 4.78 is 8.98. The van der Waals surface area contributed by atoms with Crippen LogP contribution in [-0.4, -0.2) is 15.9 Å². The van der Waals surface area contributed by atoms with E-state index in [1.807, 2.05) is 55.5 Å². The average molecular weight is 566 g/mol. The van der Waals surface area contributed by atoms with Crippen molar-refractivity contribution >= 4 is 49.0 Å². The lowest BCUT2D eigenvalue weighted by atomic mass is 10.1. The molecule has 0 aliphatic heterocycles. The van der Waals surface area contributed by atoms with Gasteiger partial charge >= 0.3 is 0 Å². The van der Waals surface area contributed by atoms with Gasteiger partial charge in [0.15, 0.2) is 0 Å². The van der Waals surface area contributed by atoms with Crippen LogP contribution in [0.5, 0.6) is 5.75 Å². The molecule has 164 valence electrons. The van der Waals surface area contributed by atoms with Gasteiger partial charge in [-0.1, -0.05) is 57.0 Å². The lowest BCUT2D eigenvalue weighted by molar-refractivity contribution is 0.305. The number of fused-ring (bicyclic) bond motifs is 1. The van der Waals surface area contributed by atoms with Gasteiger partial charge in [0.2, 0.25) is 0 Å². The number of aromatic nitrogens is 2. The first-order valence-electron chi connectivity index (χ1n) is 10.2. The van der Waals surface area contributed by atoms with E-state index < -0.39 is 0 Å². The topological polar surface area (TPSA) is 80.3 Å². The largest absolute Gasteiger partial charge is 0.488 e. The molecule has 0 atom stereocenters. The average Bonchev–Trinajstić information content (AvgIpc) is 2.83. The van der Waals surface area contributed by atoms with Crippen molar-refractivity contribution in [2.24, 2.45) is 5.10 Å². The highest BCUT2D eigenvalue weighted by molar-refractivity contribution is 9.10. The Hall–Kier alpha value is -3.28. The maximum atomic E-state index is 13.1. The number of hydrogen-bond donors (Lipinski definition) is 0. The van der Waals surface area contributed by atoms with Crippen LogP contribution in [0.2, 0.25) is 0 Å². The van der Waals surface area contributed by atoms with Gasteiger partial charge in [-0.3, -0.25) is 4.79 Å². The fourth-order valence-corrected chi connectivity index (χ4v) is 4.06. The van der Waals surface area contributed by atoms with Crippen LogP contribution in [-0.2, 0) is 13.0 Å². The molecule has 6 nitrogen and oxygen atoms in total. The predicted molar refractivity (Wildman–Crippen MR) is 136 cm³/mol. The lowest BCUT2D eigenvalue weighted by Crippen LogP contribution is -2.22. The van der Waals surface area contributed by atoms with Crippen molar-refractivity contribution in [2.75, 3.05) is 0 Å². The summed E-state index contributed by atoms with van der Waals surface area (Å²) in [4.78, 5) is 17.7. The van der Waals surface area contributed by atoms with Crippen LogP contribution in [0.3, 0.4) is 0 Å². The molecule has 0 saturated heterocycles. The minimum Gasteiger partial charge on any atom is -0.488 e. The summed E-state index contributed by atoms with van der Waals surface area (Å²) in [7, 11) is 0. The molecule has 1 heterocycles. The molecule has 4 aromatic rings. The molecule has 0 amide bonds. The Morgan fingerprint density at radius 2 is 1.88 bits per heavy atom. The van der Waals surface area contributed by atoms with Crippen molar-refractivity contribution in [3.8, 4) is 11.8 Å². The molecule has 0 aliphatic rings. The fraction of sp³-hybridized carbons (Fsp3) is 0.120. The maximum absolute atomic E-state index is 13.1. The molecule has 1 aromatic heterocycles. The molecule has 0 fully saturated rings. The summed E-state index contributed by atoms with van der Waals surface area (Å²) in [5.74, 6) is 1.14. The van der Waals surface area contributed by atoms with Crippen LogP contribution < -0.4 is 10.3 Å². The van der Waals surface area contributed by atoms with Crippen molar-refractivity contribution in [1.29, 1.82) is 5.26 Å². The molecule has 3 aromatic carbocycles. The van der Waals surface area contributed by atoms with Gasteiger partial charge in [-0.2, -0.15) is 15.0 Å². The van der Waals surface area contributed by atoms with Crippen LogP contribution >= 0.6 is 31.9 Å².